The highest BCUT2D eigenvalue weighted by Gasteiger charge is 2.24. The van der Waals surface area contributed by atoms with Gasteiger partial charge in [-0.1, -0.05) is 49.1 Å². The average molecular weight is 334 g/mol. The predicted octanol–water partition coefficient (Wildman–Crippen LogP) is 1.67. The van der Waals surface area contributed by atoms with Crippen molar-refractivity contribution < 1.29 is 23.4 Å². The van der Waals surface area contributed by atoms with Crippen molar-refractivity contribution in [1.29, 1.82) is 0 Å². The molecule has 1 N–H and O–H groups in total. The van der Waals surface area contributed by atoms with Gasteiger partial charge in [0.1, 0.15) is 0 Å². The van der Waals surface area contributed by atoms with Crippen LogP contribution >= 0.6 is 0 Å². The smallest absolute Gasteiger partial charge is 0.335 e. The van der Waals surface area contributed by atoms with Gasteiger partial charge in [-0.15, -0.1) is 0 Å². The molecule has 2 aromatic rings. The quantitative estimate of drug-likeness (QED) is 0.866. The lowest BCUT2D eigenvalue weighted by atomic mass is 10.2. The van der Waals surface area contributed by atoms with Crippen LogP contribution in [0.1, 0.15) is 22.8 Å². The lowest BCUT2D eigenvalue weighted by Crippen LogP contribution is -2.30. The fraction of sp³-hybridized carbons (Fsp3) is 0.188. The normalized spacial score (nSPS) is 11.6. The molecule has 0 radical (unpaired) electrons. The number of carboxylic acids is 1. The van der Waals surface area contributed by atoms with Crippen LogP contribution in [0.25, 0.3) is 0 Å². The van der Waals surface area contributed by atoms with E-state index < -0.39 is 27.3 Å². The molecule has 23 heavy (non-hydrogen) atoms. The minimum Gasteiger partial charge on any atom is -0.872 e. The molecule has 6 nitrogen and oxygen atoms in total. The van der Waals surface area contributed by atoms with E-state index in [9.17, 15) is 18.3 Å². The van der Waals surface area contributed by atoms with Crippen LogP contribution in [0.15, 0.2) is 53.4 Å². The highest BCUT2D eigenvalue weighted by atomic mass is 32.2. The lowest BCUT2D eigenvalue weighted by molar-refractivity contribution is -0.268. The van der Waals surface area contributed by atoms with Crippen molar-refractivity contribution in [3.63, 3.8) is 0 Å². The van der Waals surface area contributed by atoms with Crippen LogP contribution in [-0.2, 0) is 16.6 Å². The van der Waals surface area contributed by atoms with E-state index in [2.05, 4.69) is 0 Å². The molecule has 0 aliphatic rings. The molecule has 2 aromatic carbocycles. The molecule has 0 aromatic heterocycles. The van der Waals surface area contributed by atoms with E-state index in [4.69, 9.17) is 5.11 Å². The molecular formula is C16H16NO5S-. The summed E-state index contributed by atoms with van der Waals surface area (Å²) in [5.41, 5.74) is 0.263. The fourth-order valence-corrected chi connectivity index (χ4v) is 3.60. The number of sulfonamides is 1. The number of rotatable bonds is 6. The zero-order valence-electron chi connectivity index (χ0n) is 12.5. The number of carboxylic acid groups (broad SMARTS) is 1. The van der Waals surface area contributed by atoms with Gasteiger partial charge in [-0.05, 0) is 17.7 Å². The van der Waals surface area contributed by atoms with Crippen LogP contribution in [0.3, 0.4) is 0 Å². The zero-order valence-corrected chi connectivity index (χ0v) is 13.3. The molecule has 0 unspecified atom stereocenters. The first-order chi connectivity index (χ1) is 10.9. The van der Waals surface area contributed by atoms with Crippen LogP contribution in [-0.4, -0.2) is 30.3 Å². The van der Waals surface area contributed by atoms with Crippen molar-refractivity contribution in [3.8, 4) is 5.75 Å². The standard InChI is InChI=1S/C16H17NO5S/c1-2-17(11-12-6-4-3-5-7-12)23(21,22)13-8-9-15(18)14(10-13)16(19)20/h3-10,18H,2,11H2,1H3,(H,19,20)/p-1. The maximum absolute atomic E-state index is 12.7. The molecule has 122 valence electrons. The summed E-state index contributed by atoms with van der Waals surface area (Å²) in [7, 11) is -3.89. The third-order valence-corrected chi connectivity index (χ3v) is 5.29. The van der Waals surface area contributed by atoms with Crippen LogP contribution in [0.2, 0.25) is 0 Å². The van der Waals surface area contributed by atoms with Crippen LogP contribution in [0, 0.1) is 0 Å². The SMILES string of the molecule is CCN(Cc1ccccc1)S(=O)(=O)c1ccc([O-])c(C(=O)O)c1. The first kappa shape index (κ1) is 17.0. The Balaban J connectivity index is 2.39. The Hall–Kier alpha value is -2.38. The summed E-state index contributed by atoms with van der Waals surface area (Å²) >= 11 is 0. The molecule has 0 spiro atoms. The Kier molecular flexibility index (Phi) is 5.02. The van der Waals surface area contributed by atoms with E-state index in [-0.39, 0.29) is 18.0 Å². The number of carbonyl (C=O) groups is 1. The third-order valence-electron chi connectivity index (χ3n) is 3.37. The molecule has 0 fully saturated rings. The van der Waals surface area contributed by atoms with Gasteiger partial charge in [-0.3, -0.25) is 0 Å². The minimum atomic E-state index is -3.89. The summed E-state index contributed by atoms with van der Waals surface area (Å²) < 4.78 is 26.6. The zero-order chi connectivity index (χ0) is 17.0. The number of hydrogen-bond acceptors (Lipinski definition) is 4. The van der Waals surface area contributed by atoms with E-state index in [1.165, 1.54) is 4.31 Å². The molecule has 0 saturated carbocycles. The Morgan fingerprint density at radius 3 is 2.39 bits per heavy atom. The summed E-state index contributed by atoms with van der Waals surface area (Å²) in [6.07, 6.45) is 0. The maximum Gasteiger partial charge on any atom is 0.335 e. The summed E-state index contributed by atoms with van der Waals surface area (Å²) in [5.74, 6) is -2.17. The molecule has 0 aliphatic carbocycles. The Morgan fingerprint density at radius 2 is 1.83 bits per heavy atom. The van der Waals surface area contributed by atoms with Gasteiger partial charge in [0.2, 0.25) is 10.0 Å². The van der Waals surface area contributed by atoms with E-state index in [1.54, 1.807) is 6.92 Å². The van der Waals surface area contributed by atoms with Gasteiger partial charge in [-0.25, -0.2) is 13.2 Å². The lowest BCUT2D eigenvalue weighted by Gasteiger charge is -2.21. The summed E-state index contributed by atoms with van der Waals surface area (Å²) in [5, 5.41) is 20.5. The monoisotopic (exact) mass is 334 g/mol. The number of aromatic carboxylic acids is 1. The first-order valence-corrected chi connectivity index (χ1v) is 8.38. The number of benzene rings is 2. The second kappa shape index (κ2) is 6.80. The molecule has 0 heterocycles. The van der Waals surface area contributed by atoms with Gasteiger partial charge in [0.25, 0.3) is 0 Å². The minimum absolute atomic E-state index is 0.168. The molecular weight excluding hydrogens is 318 g/mol. The molecule has 2 rings (SSSR count). The van der Waals surface area contributed by atoms with Gasteiger partial charge in [-0.2, -0.15) is 4.31 Å². The number of nitrogens with zero attached hydrogens (tertiary/aromatic N) is 1. The fourth-order valence-electron chi connectivity index (χ4n) is 2.14. The predicted molar refractivity (Wildman–Crippen MR) is 82.6 cm³/mol. The molecule has 0 atom stereocenters. The second-order valence-corrected chi connectivity index (χ2v) is 6.82. The highest BCUT2D eigenvalue weighted by Crippen LogP contribution is 2.23. The largest absolute Gasteiger partial charge is 0.872 e. The molecule has 0 amide bonds. The summed E-state index contributed by atoms with van der Waals surface area (Å²) in [4.78, 5) is 10.8. The van der Waals surface area contributed by atoms with E-state index in [1.807, 2.05) is 30.3 Å². The topological polar surface area (TPSA) is 97.7 Å². The Bertz CT molecular complexity index is 802. The van der Waals surface area contributed by atoms with E-state index in [0.717, 1.165) is 23.8 Å². The average Bonchev–Trinajstić information content (AvgIpc) is 2.53. The van der Waals surface area contributed by atoms with Crippen molar-refractivity contribution in [2.24, 2.45) is 0 Å². The highest BCUT2D eigenvalue weighted by molar-refractivity contribution is 7.89. The Morgan fingerprint density at radius 1 is 1.17 bits per heavy atom. The second-order valence-electron chi connectivity index (χ2n) is 4.88. The molecule has 7 heteroatoms. The van der Waals surface area contributed by atoms with Gasteiger partial charge in [0.15, 0.2) is 0 Å². The van der Waals surface area contributed by atoms with Gasteiger partial charge in [0.05, 0.1) is 10.5 Å². The van der Waals surface area contributed by atoms with Crippen molar-refractivity contribution in [2.45, 2.75) is 18.4 Å². The third kappa shape index (κ3) is 3.69. The van der Waals surface area contributed by atoms with Crippen LogP contribution in [0.5, 0.6) is 5.75 Å². The number of hydrogen-bond donors (Lipinski definition) is 1. The van der Waals surface area contributed by atoms with E-state index >= 15 is 0 Å². The van der Waals surface area contributed by atoms with Crippen molar-refractivity contribution in [1.82, 2.24) is 4.31 Å². The molecule has 0 aliphatic heterocycles. The molecule has 0 saturated heterocycles. The first-order valence-electron chi connectivity index (χ1n) is 6.94. The van der Waals surface area contributed by atoms with Crippen LogP contribution in [0.4, 0.5) is 0 Å². The van der Waals surface area contributed by atoms with Gasteiger partial charge in [0, 0.05) is 13.1 Å². The summed E-state index contributed by atoms with van der Waals surface area (Å²) in [6.45, 7) is 2.08. The maximum atomic E-state index is 12.7. The molecule has 0 bridgehead atoms. The Labute approximate surface area is 134 Å². The van der Waals surface area contributed by atoms with Gasteiger partial charge < -0.3 is 10.2 Å². The van der Waals surface area contributed by atoms with Crippen molar-refractivity contribution in [3.05, 3.63) is 59.7 Å². The van der Waals surface area contributed by atoms with Crippen molar-refractivity contribution in [2.75, 3.05) is 6.54 Å². The van der Waals surface area contributed by atoms with E-state index in [0.29, 0.717) is 0 Å². The van der Waals surface area contributed by atoms with Crippen molar-refractivity contribution >= 4 is 16.0 Å². The summed E-state index contributed by atoms with van der Waals surface area (Å²) in [6, 6.07) is 12.1. The van der Waals surface area contributed by atoms with Gasteiger partial charge >= 0.3 is 5.97 Å². The van der Waals surface area contributed by atoms with Crippen LogP contribution < -0.4 is 5.11 Å².